The normalized spacial score (nSPS) is 16.6. The lowest BCUT2D eigenvalue weighted by Crippen LogP contribution is -2.14. The highest BCUT2D eigenvalue weighted by atomic mass is 16.6. The summed E-state index contributed by atoms with van der Waals surface area (Å²) in [7, 11) is 0. The lowest BCUT2D eigenvalue weighted by Gasteiger charge is -2.12. The molecule has 0 aromatic carbocycles. The smallest absolute Gasteiger partial charge is 0.290 e. The number of rotatable bonds is 5. The molecule has 1 aromatic heterocycles. The third-order valence-corrected chi connectivity index (χ3v) is 3.29. The second-order valence-electron chi connectivity index (χ2n) is 4.75. The van der Waals surface area contributed by atoms with Gasteiger partial charge < -0.3 is 5.32 Å². The molecule has 92 valence electrons. The second-order valence-corrected chi connectivity index (χ2v) is 4.75. The SMILES string of the molecule is Cc1nc(NCC(C)C2CC2)ccc1[N+](=O)[O-]. The van der Waals surface area contributed by atoms with E-state index in [2.05, 4.69) is 17.2 Å². The van der Waals surface area contributed by atoms with Gasteiger partial charge in [-0.15, -0.1) is 0 Å². The third-order valence-electron chi connectivity index (χ3n) is 3.29. The van der Waals surface area contributed by atoms with Crippen LogP contribution in [0.2, 0.25) is 0 Å². The van der Waals surface area contributed by atoms with E-state index in [1.165, 1.54) is 18.9 Å². The van der Waals surface area contributed by atoms with E-state index in [9.17, 15) is 10.1 Å². The fourth-order valence-corrected chi connectivity index (χ4v) is 1.94. The van der Waals surface area contributed by atoms with Crippen molar-refractivity contribution < 1.29 is 4.92 Å². The number of nitrogens with zero attached hydrogens (tertiary/aromatic N) is 2. The van der Waals surface area contributed by atoms with Gasteiger partial charge in [0.05, 0.1) is 4.92 Å². The molecule has 1 unspecified atom stereocenters. The first-order valence-electron chi connectivity index (χ1n) is 5.94. The molecule has 5 nitrogen and oxygen atoms in total. The fourth-order valence-electron chi connectivity index (χ4n) is 1.94. The first-order chi connectivity index (χ1) is 8.08. The predicted octanol–water partition coefficient (Wildman–Crippen LogP) is 2.76. The zero-order valence-corrected chi connectivity index (χ0v) is 10.1. The van der Waals surface area contributed by atoms with Crippen LogP contribution in [0, 0.1) is 28.9 Å². The van der Waals surface area contributed by atoms with Crippen LogP contribution in [0.4, 0.5) is 11.5 Å². The highest BCUT2D eigenvalue weighted by Gasteiger charge is 2.27. The molecule has 17 heavy (non-hydrogen) atoms. The average molecular weight is 235 g/mol. The van der Waals surface area contributed by atoms with Crippen LogP contribution in [0.1, 0.15) is 25.5 Å². The molecule has 0 saturated heterocycles. The minimum Gasteiger partial charge on any atom is -0.370 e. The van der Waals surface area contributed by atoms with Gasteiger partial charge in [-0.2, -0.15) is 0 Å². The monoisotopic (exact) mass is 235 g/mol. The van der Waals surface area contributed by atoms with E-state index in [1.807, 2.05) is 0 Å². The molecule has 0 aliphatic heterocycles. The van der Waals surface area contributed by atoms with E-state index in [0.29, 0.717) is 11.6 Å². The number of hydrogen-bond acceptors (Lipinski definition) is 4. The van der Waals surface area contributed by atoms with Crippen molar-refractivity contribution in [3.05, 3.63) is 27.9 Å². The van der Waals surface area contributed by atoms with E-state index >= 15 is 0 Å². The molecule has 0 bridgehead atoms. The molecule has 1 fully saturated rings. The van der Waals surface area contributed by atoms with Crippen molar-refractivity contribution in [3.63, 3.8) is 0 Å². The molecular weight excluding hydrogens is 218 g/mol. The zero-order valence-electron chi connectivity index (χ0n) is 10.1. The Morgan fingerprint density at radius 1 is 1.59 bits per heavy atom. The van der Waals surface area contributed by atoms with Crippen LogP contribution in [-0.2, 0) is 0 Å². The summed E-state index contributed by atoms with van der Waals surface area (Å²) in [5.41, 5.74) is 0.532. The van der Waals surface area contributed by atoms with Gasteiger partial charge in [0, 0.05) is 12.6 Å². The number of aromatic nitrogens is 1. The molecule has 1 saturated carbocycles. The maximum atomic E-state index is 10.6. The maximum absolute atomic E-state index is 10.6. The molecule has 5 heteroatoms. The Labute approximate surface area is 100 Å². The zero-order chi connectivity index (χ0) is 12.4. The Bertz CT molecular complexity index is 430. The summed E-state index contributed by atoms with van der Waals surface area (Å²) in [6.45, 7) is 4.77. The van der Waals surface area contributed by atoms with Gasteiger partial charge >= 0.3 is 0 Å². The Morgan fingerprint density at radius 3 is 2.82 bits per heavy atom. The van der Waals surface area contributed by atoms with Gasteiger partial charge in [-0.3, -0.25) is 10.1 Å². The van der Waals surface area contributed by atoms with Crippen molar-refractivity contribution in [2.45, 2.75) is 26.7 Å². The standard InChI is InChI=1S/C12H17N3O2/c1-8(10-3-4-10)7-13-12-6-5-11(15(16)17)9(2)14-12/h5-6,8,10H,3-4,7H2,1-2H3,(H,13,14). The number of nitro groups is 1. The lowest BCUT2D eigenvalue weighted by molar-refractivity contribution is -0.385. The van der Waals surface area contributed by atoms with E-state index in [4.69, 9.17) is 0 Å². The van der Waals surface area contributed by atoms with Crippen molar-refractivity contribution in [1.82, 2.24) is 4.98 Å². The maximum Gasteiger partial charge on any atom is 0.290 e. The Balaban J connectivity index is 1.97. The molecular formula is C12H17N3O2. The number of anilines is 1. The van der Waals surface area contributed by atoms with Crippen LogP contribution in [0.3, 0.4) is 0 Å². The second kappa shape index (κ2) is 4.69. The minimum absolute atomic E-state index is 0.0748. The van der Waals surface area contributed by atoms with Crippen molar-refractivity contribution in [2.24, 2.45) is 11.8 Å². The van der Waals surface area contributed by atoms with Crippen LogP contribution in [0.15, 0.2) is 12.1 Å². The fraction of sp³-hybridized carbons (Fsp3) is 0.583. The van der Waals surface area contributed by atoms with E-state index in [-0.39, 0.29) is 5.69 Å². The molecule has 0 spiro atoms. The molecule has 1 aliphatic rings. The van der Waals surface area contributed by atoms with Gasteiger partial charge in [0.1, 0.15) is 11.5 Å². The molecule has 1 aromatic rings. The van der Waals surface area contributed by atoms with Crippen molar-refractivity contribution >= 4 is 11.5 Å². The number of nitrogens with one attached hydrogen (secondary N) is 1. The molecule has 1 atom stereocenters. The Kier molecular flexibility index (Phi) is 3.26. The molecule has 0 radical (unpaired) electrons. The number of aryl methyl sites for hydroxylation is 1. The van der Waals surface area contributed by atoms with Gasteiger partial charge in [0.15, 0.2) is 0 Å². The third kappa shape index (κ3) is 2.93. The van der Waals surface area contributed by atoms with Crippen LogP contribution in [0.25, 0.3) is 0 Å². The van der Waals surface area contributed by atoms with Gasteiger partial charge in [-0.05, 0) is 37.7 Å². The Morgan fingerprint density at radius 2 is 2.29 bits per heavy atom. The highest BCUT2D eigenvalue weighted by molar-refractivity contribution is 5.44. The first kappa shape index (κ1) is 11.8. The summed E-state index contributed by atoms with van der Waals surface area (Å²) in [4.78, 5) is 14.4. The van der Waals surface area contributed by atoms with Crippen molar-refractivity contribution in [2.75, 3.05) is 11.9 Å². The van der Waals surface area contributed by atoms with E-state index < -0.39 is 4.92 Å². The predicted molar refractivity (Wildman–Crippen MR) is 66.0 cm³/mol. The average Bonchev–Trinajstić information content (AvgIpc) is 3.09. The van der Waals surface area contributed by atoms with Crippen molar-refractivity contribution in [1.29, 1.82) is 0 Å². The largest absolute Gasteiger partial charge is 0.370 e. The number of hydrogen-bond donors (Lipinski definition) is 1. The van der Waals surface area contributed by atoms with Crippen LogP contribution in [0.5, 0.6) is 0 Å². The summed E-state index contributed by atoms with van der Waals surface area (Å²) in [6.07, 6.45) is 2.66. The highest BCUT2D eigenvalue weighted by Crippen LogP contribution is 2.36. The van der Waals surface area contributed by atoms with Crippen LogP contribution < -0.4 is 5.32 Å². The molecule has 1 heterocycles. The summed E-state index contributed by atoms with van der Waals surface area (Å²) in [6, 6.07) is 3.18. The van der Waals surface area contributed by atoms with Gasteiger partial charge in [0.2, 0.25) is 0 Å². The minimum atomic E-state index is -0.404. The Hall–Kier alpha value is -1.65. The summed E-state index contributed by atoms with van der Waals surface area (Å²) < 4.78 is 0. The summed E-state index contributed by atoms with van der Waals surface area (Å²) in [5, 5.41) is 13.9. The quantitative estimate of drug-likeness (QED) is 0.629. The number of pyridine rings is 1. The van der Waals surface area contributed by atoms with E-state index in [0.717, 1.165) is 18.3 Å². The van der Waals surface area contributed by atoms with Crippen molar-refractivity contribution in [3.8, 4) is 0 Å². The summed E-state index contributed by atoms with van der Waals surface area (Å²) in [5.74, 6) is 2.22. The van der Waals surface area contributed by atoms with Gasteiger partial charge in [0.25, 0.3) is 5.69 Å². The van der Waals surface area contributed by atoms with E-state index in [1.54, 1.807) is 13.0 Å². The molecule has 1 aliphatic carbocycles. The lowest BCUT2D eigenvalue weighted by atomic mass is 10.1. The van der Waals surface area contributed by atoms with Gasteiger partial charge in [-0.1, -0.05) is 6.92 Å². The van der Waals surface area contributed by atoms with Crippen LogP contribution >= 0.6 is 0 Å². The molecule has 1 N–H and O–H groups in total. The summed E-state index contributed by atoms with van der Waals surface area (Å²) >= 11 is 0. The topological polar surface area (TPSA) is 68.1 Å². The van der Waals surface area contributed by atoms with Crippen LogP contribution in [-0.4, -0.2) is 16.5 Å². The molecule has 2 rings (SSSR count). The van der Waals surface area contributed by atoms with Gasteiger partial charge in [-0.25, -0.2) is 4.98 Å². The first-order valence-corrected chi connectivity index (χ1v) is 5.94. The molecule has 0 amide bonds.